The van der Waals surface area contributed by atoms with Gasteiger partial charge in [-0.15, -0.1) is 0 Å². The van der Waals surface area contributed by atoms with Crippen LogP contribution in [0.4, 0.5) is 0 Å². The lowest BCUT2D eigenvalue weighted by Gasteiger charge is -2.37. The van der Waals surface area contributed by atoms with Gasteiger partial charge in [0.05, 0.1) is 32.0 Å². The maximum atomic E-state index is 12.5. The minimum atomic E-state index is 0.194. The van der Waals surface area contributed by atoms with E-state index in [0.717, 1.165) is 43.4 Å². The third kappa shape index (κ3) is 5.62. The molecule has 0 atom stereocenters. The Balaban J connectivity index is 1.23. The Morgan fingerprint density at radius 1 is 1.06 bits per heavy atom. The van der Waals surface area contributed by atoms with Crippen LogP contribution in [0.3, 0.4) is 0 Å². The van der Waals surface area contributed by atoms with Crippen LogP contribution in [0.1, 0.15) is 5.69 Å². The van der Waals surface area contributed by atoms with Crippen molar-refractivity contribution in [1.82, 2.24) is 25.0 Å². The number of amides is 1. The van der Waals surface area contributed by atoms with E-state index in [4.69, 9.17) is 9.15 Å². The summed E-state index contributed by atoms with van der Waals surface area (Å²) in [6.07, 6.45) is 1.68. The fraction of sp³-hybridized carbons (Fsp3) is 0.500. The van der Waals surface area contributed by atoms with Gasteiger partial charge in [0.1, 0.15) is 6.26 Å². The second-order valence-corrected chi connectivity index (χ2v) is 7.67. The lowest BCUT2D eigenvalue weighted by Crippen LogP contribution is -2.54. The molecule has 2 fully saturated rings. The van der Waals surface area contributed by atoms with Crippen molar-refractivity contribution in [1.29, 1.82) is 0 Å². The Morgan fingerprint density at radius 2 is 1.81 bits per heavy atom. The van der Waals surface area contributed by atoms with Crippen molar-refractivity contribution >= 4 is 11.9 Å². The summed E-state index contributed by atoms with van der Waals surface area (Å²) in [6.45, 7) is 7.00. The number of piperazine rings is 1. The summed E-state index contributed by atoms with van der Waals surface area (Å²) in [7, 11) is 1.79. The van der Waals surface area contributed by atoms with E-state index in [9.17, 15) is 4.79 Å². The van der Waals surface area contributed by atoms with Gasteiger partial charge in [-0.05, 0) is 12.1 Å². The number of carbonyl (C=O) groups is 1. The minimum Gasteiger partial charge on any atom is -0.444 e. The van der Waals surface area contributed by atoms with E-state index in [1.54, 1.807) is 13.3 Å². The van der Waals surface area contributed by atoms with Crippen LogP contribution in [0.25, 0.3) is 11.5 Å². The second-order valence-electron chi connectivity index (χ2n) is 7.67. The first-order chi connectivity index (χ1) is 15.2. The molecule has 0 radical (unpaired) electrons. The first-order valence-electron chi connectivity index (χ1n) is 10.8. The summed E-state index contributed by atoms with van der Waals surface area (Å²) in [4.78, 5) is 27.8. The molecule has 2 aliphatic rings. The monoisotopic (exact) mass is 426 g/mol. The zero-order valence-corrected chi connectivity index (χ0v) is 18.0. The molecule has 1 aromatic carbocycles. The fourth-order valence-electron chi connectivity index (χ4n) is 3.83. The number of morpholine rings is 1. The highest BCUT2D eigenvalue weighted by molar-refractivity contribution is 5.80. The number of oxazole rings is 1. The summed E-state index contributed by atoms with van der Waals surface area (Å²) < 4.78 is 10.9. The number of aromatic nitrogens is 1. The number of guanidine groups is 1. The van der Waals surface area contributed by atoms with Gasteiger partial charge in [0, 0.05) is 51.9 Å². The summed E-state index contributed by atoms with van der Waals surface area (Å²) in [6, 6.07) is 9.86. The van der Waals surface area contributed by atoms with E-state index in [1.165, 1.54) is 0 Å². The fourth-order valence-corrected chi connectivity index (χ4v) is 3.83. The van der Waals surface area contributed by atoms with Gasteiger partial charge in [-0.3, -0.25) is 14.7 Å². The van der Waals surface area contributed by atoms with Crippen LogP contribution in [0.2, 0.25) is 0 Å². The van der Waals surface area contributed by atoms with Gasteiger partial charge in [0.25, 0.3) is 0 Å². The highest BCUT2D eigenvalue weighted by atomic mass is 16.5. The molecule has 2 saturated heterocycles. The first kappa shape index (κ1) is 21.3. The maximum absolute atomic E-state index is 12.5. The molecule has 1 amide bonds. The lowest BCUT2D eigenvalue weighted by atomic mass is 10.2. The van der Waals surface area contributed by atoms with Crippen molar-refractivity contribution in [2.45, 2.75) is 6.54 Å². The van der Waals surface area contributed by atoms with Gasteiger partial charge in [0.2, 0.25) is 11.8 Å². The molecule has 9 nitrogen and oxygen atoms in total. The van der Waals surface area contributed by atoms with Gasteiger partial charge in [0.15, 0.2) is 5.96 Å². The Labute approximate surface area is 182 Å². The highest BCUT2D eigenvalue weighted by Crippen LogP contribution is 2.17. The Hall–Kier alpha value is -2.91. The van der Waals surface area contributed by atoms with Gasteiger partial charge in [-0.2, -0.15) is 0 Å². The van der Waals surface area contributed by atoms with Crippen LogP contribution in [0.15, 0.2) is 46.0 Å². The predicted octanol–water partition coefficient (Wildman–Crippen LogP) is 0.893. The Bertz CT molecular complexity index is 870. The normalized spacial score (nSPS) is 18.3. The number of carbonyl (C=O) groups excluding carboxylic acids is 1. The van der Waals surface area contributed by atoms with Crippen molar-refractivity contribution < 1.29 is 13.9 Å². The van der Waals surface area contributed by atoms with E-state index in [2.05, 4.69) is 25.1 Å². The van der Waals surface area contributed by atoms with Crippen LogP contribution in [-0.2, 0) is 16.1 Å². The van der Waals surface area contributed by atoms with Crippen LogP contribution >= 0.6 is 0 Å². The number of nitrogens with one attached hydrogen (secondary N) is 1. The average Bonchev–Trinajstić information content (AvgIpc) is 3.31. The zero-order chi connectivity index (χ0) is 21.5. The van der Waals surface area contributed by atoms with Gasteiger partial charge in [-0.25, -0.2) is 4.98 Å². The van der Waals surface area contributed by atoms with E-state index in [-0.39, 0.29) is 5.91 Å². The Kier molecular flexibility index (Phi) is 7.16. The van der Waals surface area contributed by atoms with Crippen molar-refractivity contribution in [3.8, 4) is 11.5 Å². The number of rotatable bonds is 5. The smallest absolute Gasteiger partial charge is 0.236 e. The average molecular weight is 427 g/mol. The molecule has 0 bridgehead atoms. The SMILES string of the molecule is CN=C(NCc1coc(-c2ccccc2)n1)N1CCN(CC(=O)N2CCOCC2)CC1. The molecule has 166 valence electrons. The van der Waals surface area contributed by atoms with E-state index in [0.29, 0.717) is 45.3 Å². The molecule has 2 aromatic rings. The van der Waals surface area contributed by atoms with E-state index in [1.807, 2.05) is 35.2 Å². The maximum Gasteiger partial charge on any atom is 0.236 e. The molecule has 3 heterocycles. The van der Waals surface area contributed by atoms with Gasteiger partial charge >= 0.3 is 0 Å². The summed E-state index contributed by atoms with van der Waals surface area (Å²) in [5.41, 5.74) is 1.79. The van der Waals surface area contributed by atoms with Crippen LogP contribution in [0, 0.1) is 0 Å². The summed E-state index contributed by atoms with van der Waals surface area (Å²) in [5.74, 6) is 1.65. The molecule has 1 N–H and O–H groups in total. The van der Waals surface area contributed by atoms with Crippen molar-refractivity contribution in [3.05, 3.63) is 42.3 Å². The third-order valence-corrected chi connectivity index (χ3v) is 5.61. The van der Waals surface area contributed by atoms with Crippen LogP contribution < -0.4 is 5.32 Å². The van der Waals surface area contributed by atoms with Crippen LogP contribution in [0.5, 0.6) is 0 Å². The number of ether oxygens (including phenoxy) is 1. The number of hydrogen-bond acceptors (Lipinski definition) is 6. The summed E-state index contributed by atoms with van der Waals surface area (Å²) in [5, 5.41) is 3.37. The van der Waals surface area contributed by atoms with E-state index >= 15 is 0 Å². The predicted molar refractivity (Wildman–Crippen MR) is 118 cm³/mol. The molecule has 2 aliphatic heterocycles. The minimum absolute atomic E-state index is 0.194. The van der Waals surface area contributed by atoms with Crippen LogP contribution in [-0.4, -0.2) is 97.6 Å². The van der Waals surface area contributed by atoms with Crippen molar-refractivity contribution in [2.24, 2.45) is 4.99 Å². The zero-order valence-electron chi connectivity index (χ0n) is 18.0. The topological polar surface area (TPSA) is 86.4 Å². The molecule has 0 spiro atoms. The number of aliphatic imine (C=N–C) groups is 1. The number of hydrogen-bond donors (Lipinski definition) is 1. The Morgan fingerprint density at radius 3 is 2.52 bits per heavy atom. The molecule has 0 unspecified atom stereocenters. The standard InChI is InChI=1S/C22H30N6O3/c1-23-22(24-15-19-17-31-21(25-19)18-5-3-2-4-6-18)28-9-7-26(8-10-28)16-20(29)27-11-13-30-14-12-27/h2-6,17H,7-16H2,1H3,(H,23,24). The van der Waals surface area contributed by atoms with E-state index < -0.39 is 0 Å². The lowest BCUT2D eigenvalue weighted by molar-refractivity contribution is -0.136. The molecule has 0 saturated carbocycles. The highest BCUT2D eigenvalue weighted by Gasteiger charge is 2.24. The van der Waals surface area contributed by atoms with Crippen molar-refractivity contribution in [3.63, 3.8) is 0 Å². The molecule has 9 heteroatoms. The number of nitrogens with zero attached hydrogens (tertiary/aromatic N) is 5. The quantitative estimate of drug-likeness (QED) is 0.561. The summed E-state index contributed by atoms with van der Waals surface area (Å²) >= 11 is 0. The molecule has 4 rings (SSSR count). The molecule has 0 aliphatic carbocycles. The second kappa shape index (κ2) is 10.4. The number of benzene rings is 1. The van der Waals surface area contributed by atoms with Crippen molar-refractivity contribution in [2.75, 3.05) is 66.1 Å². The third-order valence-electron chi connectivity index (χ3n) is 5.61. The van der Waals surface area contributed by atoms with Gasteiger partial charge < -0.3 is 24.3 Å². The molecular weight excluding hydrogens is 396 g/mol. The molecular formula is C22H30N6O3. The molecule has 31 heavy (non-hydrogen) atoms. The first-order valence-corrected chi connectivity index (χ1v) is 10.8. The molecule has 1 aromatic heterocycles. The largest absolute Gasteiger partial charge is 0.444 e. The van der Waals surface area contributed by atoms with Gasteiger partial charge in [-0.1, -0.05) is 18.2 Å².